The summed E-state index contributed by atoms with van der Waals surface area (Å²) in [6.45, 7) is 1.59. The van der Waals surface area contributed by atoms with Crippen LogP contribution in [0.5, 0.6) is 0 Å². The molecular formula is C17H24FNO. The Labute approximate surface area is 120 Å². The quantitative estimate of drug-likeness (QED) is 0.904. The van der Waals surface area contributed by atoms with Gasteiger partial charge in [-0.15, -0.1) is 0 Å². The molecule has 1 saturated heterocycles. The van der Waals surface area contributed by atoms with E-state index in [0.717, 1.165) is 18.5 Å². The van der Waals surface area contributed by atoms with Crippen molar-refractivity contribution in [3.05, 3.63) is 35.6 Å². The van der Waals surface area contributed by atoms with Gasteiger partial charge >= 0.3 is 0 Å². The molecule has 0 bridgehead atoms. The molecule has 1 spiro atoms. The van der Waals surface area contributed by atoms with E-state index in [1.165, 1.54) is 44.6 Å². The summed E-state index contributed by atoms with van der Waals surface area (Å²) in [7, 11) is 0. The van der Waals surface area contributed by atoms with Crippen molar-refractivity contribution in [2.45, 2.75) is 63.2 Å². The third-order valence-electron chi connectivity index (χ3n) is 4.69. The molecule has 1 atom stereocenters. The van der Waals surface area contributed by atoms with Crippen LogP contribution in [0.2, 0.25) is 0 Å². The van der Waals surface area contributed by atoms with Crippen molar-refractivity contribution in [3.63, 3.8) is 0 Å². The van der Waals surface area contributed by atoms with Gasteiger partial charge in [0.15, 0.2) is 0 Å². The third kappa shape index (κ3) is 3.39. The highest BCUT2D eigenvalue weighted by atomic mass is 19.1. The highest BCUT2D eigenvalue weighted by Crippen LogP contribution is 2.41. The molecule has 1 unspecified atom stereocenters. The van der Waals surface area contributed by atoms with E-state index >= 15 is 0 Å². The van der Waals surface area contributed by atoms with Crippen LogP contribution in [0, 0.1) is 5.82 Å². The molecule has 2 aliphatic rings. The molecule has 3 heteroatoms. The molecule has 20 heavy (non-hydrogen) atoms. The predicted octanol–water partition coefficient (Wildman–Crippen LogP) is 3.80. The molecule has 1 N–H and O–H groups in total. The summed E-state index contributed by atoms with van der Waals surface area (Å²) in [4.78, 5) is 0. The number of hydrogen-bond acceptors (Lipinski definition) is 2. The Kier molecular flexibility index (Phi) is 4.37. The molecule has 0 radical (unpaired) electrons. The van der Waals surface area contributed by atoms with Crippen LogP contribution in [0.3, 0.4) is 0 Å². The minimum Gasteiger partial charge on any atom is -0.370 e. The lowest BCUT2D eigenvalue weighted by molar-refractivity contribution is -0.0624. The first kappa shape index (κ1) is 14.0. The minimum atomic E-state index is -0.164. The van der Waals surface area contributed by atoms with Crippen molar-refractivity contribution in [2.75, 3.05) is 6.54 Å². The second-order valence-electron chi connectivity index (χ2n) is 6.28. The lowest BCUT2D eigenvalue weighted by Crippen LogP contribution is -2.34. The summed E-state index contributed by atoms with van der Waals surface area (Å²) >= 11 is 0. The van der Waals surface area contributed by atoms with Crippen molar-refractivity contribution in [2.24, 2.45) is 0 Å². The van der Waals surface area contributed by atoms with Gasteiger partial charge in [-0.25, -0.2) is 4.39 Å². The number of ether oxygens (including phenoxy) is 1. The summed E-state index contributed by atoms with van der Waals surface area (Å²) in [5.74, 6) is -0.164. The zero-order chi connectivity index (χ0) is 13.8. The molecule has 1 saturated carbocycles. The molecule has 1 aliphatic carbocycles. The average molecular weight is 277 g/mol. The zero-order valence-corrected chi connectivity index (χ0v) is 12.0. The van der Waals surface area contributed by atoms with Crippen LogP contribution in [-0.4, -0.2) is 18.2 Å². The van der Waals surface area contributed by atoms with E-state index in [0.29, 0.717) is 12.6 Å². The Morgan fingerprint density at radius 3 is 2.85 bits per heavy atom. The van der Waals surface area contributed by atoms with E-state index in [1.54, 1.807) is 12.1 Å². The monoisotopic (exact) mass is 277 g/mol. The Morgan fingerprint density at radius 1 is 1.20 bits per heavy atom. The summed E-state index contributed by atoms with van der Waals surface area (Å²) in [6.07, 6.45) is 9.22. The first-order valence-electron chi connectivity index (χ1n) is 7.89. The van der Waals surface area contributed by atoms with Gasteiger partial charge in [0.25, 0.3) is 0 Å². The van der Waals surface area contributed by atoms with Crippen LogP contribution in [0.15, 0.2) is 24.3 Å². The maximum absolute atomic E-state index is 13.1. The molecule has 2 fully saturated rings. The lowest BCUT2D eigenvalue weighted by atomic mass is 9.83. The molecule has 1 aliphatic heterocycles. The molecule has 1 heterocycles. The number of nitrogens with one attached hydrogen (secondary N) is 1. The highest BCUT2D eigenvalue weighted by molar-refractivity contribution is 5.15. The average Bonchev–Trinajstić information content (AvgIpc) is 2.83. The first-order valence-corrected chi connectivity index (χ1v) is 7.89. The van der Waals surface area contributed by atoms with Crippen LogP contribution in [0.25, 0.3) is 0 Å². The maximum Gasteiger partial charge on any atom is 0.123 e. The molecule has 3 rings (SSSR count). The maximum atomic E-state index is 13.1. The Balaban J connectivity index is 1.43. The normalized spacial score (nSPS) is 25.1. The Bertz CT molecular complexity index is 442. The molecule has 2 nitrogen and oxygen atoms in total. The van der Waals surface area contributed by atoms with E-state index in [-0.39, 0.29) is 11.4 Å². The second-order valence-corrected chi connectivity index (χ2v) is 6.28. The van der Waals surface area contributed by atoms with Gasteiger partial charge in [-0.3, -0.25) is 0 Å². The van der Waals surface area contributed by atoms with E-state index in [1.807, 2.05) is 6.07 Å². The number of hydrogen-bond donors (Lipinski definition) is 1. The number of rotatable bonds is 4. The summed E-state index contributed by atoms with van der Waals surface area (Å²) in [6, 6.07) is 6.78. The molecule has 0 amide bonds. The Hall–Kier alpha value is -0.930. The molecule has 0 aromatic heterocycles. The van der Waals surface area contributed by atoms with E-state index in [4.69, 9.17) is 4.74 Å². The van der Waals surface area contributed by atoms with Crippen molar-refractivity contribution < 1.29 is 9.13 Å². The zero-order valence-electron chi connectivity index (χ0n) is 12.0. The fourth-order valence-corrected chi connectivity index (χ4v) is 3.63. The first-order chi connectivity index (χ1) is 9.76. The van der Waals surface area contributed by atoms with Crippen LogP contribution in [0.4, 0.5) is 4.39 Å². The molecular weight excluding hydrogens is 253 g/mol. The van der Waals surface area contributed by atoms with E-state index in [9.17, 15) is 4.39 Å². The smallest absolute Gasteiger partial charge is 0.123 e. The van der Waals surface area contributed by atoms with Gasteiger partial charge in [0.05, 0.1) is 11.7 Å². The fourth-order valence-electron chi connectivity index (χ4n) is 3.63. The standard InChI is InChI=1S/C17H24FNO/c18-15-6-4-5-14(11-15)12-19-13-16-7-10-17(20-16)8-2-1-3-9-17/h4-6,11,16,19H,1-3,7-10,12-13H2. The van der Waals surface area contributed by atoms with Crippen molar-refractivity contribution >= 4 is 0 Å². The van der Waals surface area contributed by atoms with Gasteiger partial charge in [-0.05, 0) is 43.4 Å². The van der Waals surface area contributed by atoms with Crippen molar-refractivity contribution in [3.8, 4) is 0 Å². The number of halogens is 1. The fraction of sp³-hybridized carbons (Fsp3) is 0.647. The largest absolute Gasteiger partial charge is 0.370 e. The van der Waals surface area contributed by atoms with Crippen LogP contribution in [-0.2, 0) is 11.3 Å². The van der Waals surface area contributed by atoms with Crippen LogP contribution >= 0.6 is 0 Å². The molecule has 110 valence electrons. The number of benzene rings is 1. The SMILES string of the molecule is Fc1cccc(CNCC2CCC3(CCCCC3)O2)c1. The second kappa shape index (κ2) is 6.23. The van der Waals surface area contributed by atoms with Crippen LogP contribution in [0.1, 0.15) is 50.5 Å². The van der Waals surface area contributed by atoms with Gasteiger partial charge in [0.2, 0.25) is 0 Å². The third-order valence-corrected chi connectivity index (χ3v) is 4.69. The van der Waals surface area contributed by atoms with Gasteiger partial charge in [0.1, 0.15) is 5.82 Å². The lowest BCUT2D eigenvalue weighted by Gasteiger charge is -2.33. The highest BCUT2D eigenvalue weighted by Gasteiger charge is 2.40. The minimum absolute atomic E-state index is 0.164. The topological polar surface area (TPSA) is 21.3 Å². The summed E-state index contributed by atoms with van der Waals surface area (Å²) in [5.41, 5.74) is 1.19. The van der Waals surface area contributed by atoms with E-state index < -0.39 is 0 Å². The Morgan fingerprint density at radius 2 is 2.05 bits per heavy atom. The van der Waals surface area contributed by atoms with Gasteiger partial charge in [-0.1, -0.05) is 31.4 Å². The van der Waals surface area contributed by atoms with Gasteiger partial charge in [-0.2, -0.15) is 0 Å². The van der Waals surface area contributed by atoms with E-state index in [2.05, 4.69) is 5.32 Å². The van der Waals surface area contributed by atoms with Crippen molar-refractivity contribution in [1.29, 1.82) is 0 Å². The summed E-state index contributed by atoms with van der Waals surface area (Å²) < 4.78 is 19.4. The molecule has 1 aromatic rings. The summed E-state index contributed by atoms with van der Waals surface area (Å²) in [5, 5.41) is 3.40. The van der Waals surface area contributed by atoms with Crippen LogP contribution < -0.4 is 5.32 Å². The van der Waals surface area contributed by atoms with Crippen molar-refractivity contribution in [1.82, 2.24) is 5.32 Å². The predicted molar refractivity (Wildman–Crippen MR) is 78.0 cm³/mol. The molecule has 1 aromatic carbocycles. The van der Waals surface area contributed by atoms with Gasteiger partial charge in [0, 0.05) is 13.1 Å². The van der Waals surface area contributed by atoms with Gasteiger partial charge < -0.3 is 10.1 Å².